The summed E-state index contributed by atoms with van der Waals surface area (Å²) in [5, 5.41) is 0. The maximum absolute atomic E-state index is 13.1. The third-order valence-electron chi connectivity index (χ3n) is 5.23. The van der Waals surface area contributed by atoms with Crippen LogP contribution in [-0.4, -0.2) is 10.8 Å². The van der Waals surface area contributed by atoms with Crippen molar-refractivity contribution in [2.45, 2.75) is 52.1 Å². The molecule has 0 heterocycles. The Bertz CT molecular complexity index is 851. The molecule has 29 heavy (non-hydrogen) atoms. The second kappa shape index (κ2) is 9.56. The summed E-state index contributed by atoms with van der Waals surface area (Å²) in [7, 11) is 0. The number of rotatable bonds is 7. The minimum absolute atomic E-state index is 0.149. The fourth-order valence-corrected chi connectivity index (χ4v) is 3.42. The number of amides is 1. The molecule has 3 rings (SSSR count). The highest BCUT2D eigenvalue weighted by atomic mass is 16.2. The van der Waals surface area contributed by atoms with Gasteiger partial charge in [-0.25, -0.2) is 0 Å². The molecular weight excluding hydrogens is 354 g/mol. The number of benzene rings is 3. The fraction of sp³-hybridized carbons (Fsp3) is 0.296. The van der Waals surface area contributed by atoms with Crippen LogP contribution in [0.3, 0.4) is 0 Å². The van der Waals surface area contributed by atoms with Gasteiger partial charge in [0.05, 0.1) is 0 Å². The van der Waals surface area contributed by atoms with Crippen LogP contribution in [0.2, 0.25) is 0 Å². The molecule has 0 saturated carbocycles. The van der Waals surface area contributed by atoms with Crippen molar-refractivity contribution >= 4 is 5.91 Å². The Morgan fingerprint density at radius 2 is 1.17 bits per heavy atom. The lowest BCUT2D eigenvalue weighted by molar-refractivity contribution is -0.132. The number of hydrogen-bond donors (Lipinski definition) is 0. The van der Waals surface area contributed by atoms with Crippen molar-refractivity contribution in [2.24, 2.45) is 0 Å². The van der Waals surface area contributed by atoms with Crippen LogP contribution in [-0.2, 0) is 29.7 Å². The summed E-state index contributed by atoms with van der Waals surface area (Å²) in [5.74, 6) is 0.192. The lowest BCUT2D eigenvalue weighted by Crippen LogP contribution is -2.30. The molecule has 2 heteroatoms. The maximum atomic E-state index is 13.1. The summed E-state index contributed by atoms with van der Waals surface area (Å²) in [6.07, 6.45) is 1.29. The van der Waals surface area contributed by atoms with Gasteiger partial charge in [0, 0.05) is 19.5 Å². The van der Waals surface area contributed by atoms with Crippen molar-refractivity contribution in [3.8, 4) is 0 Å². The summed E-state index contributed by atoms with van der Waals surface area (Å²) in [6.45, 7) is 7.93. The molecule has 0 radical (unpaired) electrons. The SMILES string of the molecule is CC(C)(C)c1ccc(CCC(=O)N(Cc2ccccc2)Cc2ccccc2)cc1. The lowest BCUT2D eigenvalue weighted by Gasteiger charge is -2.23. The third-order valence-corrected chi connectivity index (χ3v) is 5.23. The Balaban J connectivity index is 1.67. The molecule has 0 saturated heterocycles. The normalized spacial score (nSPS) is 11.3. The molecule has 3 aromatic rings. The highest BCUT2D eigenvalue weighted by Crippen LogP contribution is 2.22. The Kier molecular flexibility index (Phi) is 6.87. The Morgan fingerprint density at radius 1 is 0.690 bits per heavy atom. The number of aryl methyl sites for hydroxylation is 1. The first-order chi connectivity index (χ1) is 13.9. The van der Waals surface area contributed by atoms with Gasteiger partial charge in [-0.2, -0.15) is 0 Å². The zero-order chi connectivity index (χ0) is 20.7. The van der Waals surface area contributed by atoms with Gasteiger partial charge < -0.3 is 4.90 Å². The first kappa shape index (κ1) is 20.9. The van der Waals surface area contributed by atoms with Crippen LogP contribution in [0.25, 0.3) is 0 Å². The van der Waals surface area contributed by atoms with Crippen LogP contribution >= 0.6 is 0 Å². The molecule has 1 amide bonds. The van der Waals surface area contributed by atoms with E-state index in [-0.39, 0.29) is 11.3 Å². The van der Waals surface area contributed by atoms with Crippen LogP contribution < -0.4 is 0 Å². The van der Waals surface area contributed by atoms with E-state index in [4.69, 9.17) is 0 Å². The van der Waals surface area contributed by atoms with Gasteiger partial charge in [0.1, 0.15) is 0 Å². The molecular formula is C27H31NO. The molecule has 2 nitrogen and oxygen atoms in total. The van der Waals surface area contributed by atoms with Gasteiger partial charge in [0.15, 0.2) is 0 Å². The Hall–Kier alpha value is -2.87. The highest BCUT2D eigenvalue weighted by molar-refractivity contribution is 5.76. The van der Waals surface area contributed by atoms with E-state index in [0.29, 0.717) is 19.5 Å². The molecule has 0 fully saturated rings. The topological polar surface area (TPSA) is 20.3 Å². The van der Waals surface area contributed by atoms with Gasteiger partial charge in [-0.15, -0.1) is 0 Å². The van der Waals surface area contributed by atoms with E-state index in [2.05, 4.69) is 69.3 Å². The van der Waals surface area contributed by atoms with Gasteiger partial charge in [-0.3, -0.25) is 4.79 Å². The van der Waals surface area contributed by atoms with E-state index in [1.807, 2.05) is 41.3 Å². The molecule has 0 unspecified atom stereocenters. The highest BCUT2D eigenvalue weighted by Gasteiger charge is 2.16. The zero-order valence-electron chi connectivity index (χ0n) is 17.8. The van der Waals surface area contributed by atoms with Crippen molar-refractivity contribution in [1.82, 2.24) is 4.90 Å². The minimum Gasteiger partial charge on any atom is -0.334 e. The van der Waals surface area contributed by atoms with Crippen molar-refractivity contribution in [2.75, 3.05) is 0 Å². The molecule has 150 valence electrons. The van der Waals surface area contributed by atoms with Crippen molar-refractivity contribution < 1.29 is 4.79 Å². The molecule has 0 bridgehead atoms. The third kappa shape index (κ3) is 6.32. The van der Waals surface area contributed by atoms with E-state index < -0.39 is 0 Å². The first-order valence-corrected chi connectivity index (χ1v) is 10.4. The zero-order valence-corrected chi connectivity index (χ0v) is 17.8. The van der Waals surface area contributed by atoms with E-state index in [0.717, 1.165) is 17.5 Å². The van der Waals surface area contributed by atoms with Crippen LogP contribution in [0.15, 0.2) is 84.9 Å². The molecule has 0 aliphatic carbocycles. The Morgan fingerprint density at radius 3 is 1.62 bits per heavy atom. The molecule has 0 aliphatic rings. The van der Waals surface area contributed by atoms with Gasteiger partial charge in [-0.05, 0) is 34.1 Å². The summed E-state index contributed by atoms with van der Waals surface area (Å²) < 4.78 is 0. The predicted octanol–water partition coefficient (Wildman–Crippen LogP) is 6.15. The molecule has 0 atom stereocenters. The average molecular weight is 386 g/mol. The van der Waals surface area contributed by atoms with E-state index in [1.54, 1.807) is 0 Å². The number of hydrogen-bond acceptors (Lipinski definition) is 1. The number of nitrogens with zero attached hydrogens (tertiary/aromatic N) is 1. The van der Waals surface area contributed by atoms with Gasteiger partial charge in [-0.1, -0.05) is 106 Å². The van der Waals surface area contributed by atoms with Crippen molar-refractivity contribution in [1.29, 1.82) is 0 Å². The van der Waals surface area contributed by atoms with Gasteiger partial charge in [0.2, 0.25) is 5.91 Å². The summed E-state index contributed by atoms with van der Waals surface area (Å²) in [4.78, 5) is 15.0. The first-order valence-electron chi connectivity index (χ1n) is 10.4. The minimum atomic E-state index is 0.149. The van der Waals surface area contributed by atoms with Crippen molar-refractivity contribution in [3.63, 3.8) is 0 Å². The number of carbonyl (C=O) groups is 1. The molecule has 0 N–H and O–H groups in total. The Labute approximate surface area is 175 Å². The summed E-state index contributed by atoms with van der Waals surface area (Å²) in [5.41, 5.74) is 5.00. The van der Waals surface area contributed by atoms with Gasteiger partial charge in [0.25, 0.3) is 0 Å². The van der Waals surface area contributed by atoms with Crippen LogP contribution in [0.5, 0.6) is 0 Å². The monoisotopic (exact) mass is 385 g/mol. The average Bonchev–Trinajstić information content (AvgIpc) is 2.73. The number of carbonyl (C=O) groups excluding carboxylic acids is 1. The second-order valence-corrected chi connectivity index (χ2v) is 8.67. The molecule has 0 spiro atoms. The smallest absolute Gasteiger partial charge is 0.223 e. The lowest BCUT2D eigenvalue weighted by atomic mass is 9.86. The van der Waals surface area contributed by atoms with Crippen LogP contribution in [0.1, 0.15) is 49.4 Å². The second-order valence-electron chi connectivity index (χ2n) is 8.67. The maximum Gasteiger partial charge on any atom is 0.223 e. The van der Waals surface area contributed by atoms with Crippen LogP contribution in [0, 0.1) is 0 Å². The van der Waals surface area contributed by atoms with Crippen LogP contribution in [0.4, 0.5) is 0 Å². The molecule has 3 aromatic carbocycles. The molecule has 0 aliphatic heterocycles. The summed E-state index contributed by atoms with van der Waals surface area (Å²) in [6, 6.07) is 29.1. The summed E-state index contributed by atoms with van der Waals surface area (Å²) >= 11 is 0. The predicted molar refractivity (Wildman–Crippen MR) is 121 cm³/mol. The quantitative estimate of drug-likeness (QED) is 0.478. The fourth-order valence-electron chi connectivity index (χ4n) is 3.42. The van der Waals surface area contributed by atoms with Crippen molar-refractivity contribution in [3.05, 3.63) is 107 Å². The largest absolute Gasteiger partial charge is 0.334 e. The standard InChI is InChI=1S/C27H31NO/c1-27(2,3)25-17-14-22(15-18-25)16-19-26(29)28(20-23-10-6-4-7-11-23)21-24-12-8-5-9-13-24/h4-15,17-18H,16,19-21H2,1-3H3. The van der Waals surface area contributed by atoms with E-state index in [1.165, 1.54) is 11.1 Å². The van der Waals surface area contributed by atoms with E-state index >= 15 is 0 Å². The van der Waals surface area contributed by atoms with E-state index in [9.17, 15) is 4.79 Å². The molecule has 0 aromatic heterocycles. The van der Waals surface area contributed by atoms with Gasteiger partial charge >= 0.3 is 0 Å².